The molecule has 1 heterocycles. The lowest BCUT2D eigenvalue weighted by molar-refractivity contribution is -0.118. The number of hydrogen-bond acceptors (Lipinski definition) is 4. The maximum Gasteiger partial charge on any atom is 0.273 e. The number of nitrogens with zero attached hydrogens (tertiary/aromatic N) is 2. The van der Waals surface area contributed by atoms with Crippen LogP contribution >= 0.6 is 0 Å². The summed E-state index contributed by atoms with van der Waals surface area (Å²) in [6, 6.07) is 13.6. The van der Waals surface area contributed by atoms with Gasteiger partial charge in [0.05, 0.1) is 5.69 Å². The Bertz CT molecular complexity index is 949. The molecule has 0 bridgehead atoms. The molecular weight excluding hydrogens is 332 g/mol. The number of aryl methyl sites for hydroxylation is 1. The second-order valence-corrected chi connectivity index (χ2v) is 5.67. The number of carbonyl (C=O) groups excluding carboxylic acids is 2. The number of hydrogen-bond donors (Lipinski definition) is 2. The van der Waals surface area contributed by atoms with Gasteiger partial charge in [-0.25, -0.2) is 0 Å². The second-order valence-electron chi connectivity index (χ2n) is 5.67. The van der Waals surface area contributed by atoms with Crippen molar-refractivity contribution in [3.05, 3.63) is 54.4 Å². The number of aromatic nitrogens is 2. The first-order valence-electron chi connectivity index (χ1n) is 8.31. The van der Waals surface area contributed by atoms with E-state index in [1.165, 1.54) is 7.05 Å². The number of anilines is 1. The molecule has 0 radical (unpaired) electrons. The van der Waals surface area contributed by atoms with Gasteiger partial charge in [-0.15, -0.1) is 0 Å². The zero-order chi connectivity index (χ0) is 18.5. The van der Waals surface area contributed by atoms with Gasteiger partial charge in [-0.05, 0) is 29.8 Å². The van der Waals surface area contributed by atoms with Crippen molar-refractivity contribution in [3.8, 4) is 5.75 Å². The van der Waals surface area contributed by atoms with E-state index in [0.717, 1.165) is 10.8 Å². The van der Waals surface area contributed by atoms with E-state index in [-0.39, 0.29) is 24.1 Å². The number of nitrogens with one attached hydrogen (secondary N) is 2. The van der Waals surface area contributed by atoms with Gasteiger partial charge >= 0.3 is 0 Å². The summed E-state index contributed by atoms with van der Waals surface area (Å²) in [4.78, 5) is 24.1. The minimum atomic E-state index is -0.362. The lowest BCUT2D eigenvalue weighted by atomic mass is 10.1. The smallest absolute Gasteiger partial charge is 0.273 e. The van der Waals surface area contributed by atoms with E-state index in [4.69, 9.17) is 4.74 Å². The summed E-state index contributed by atoms with van der Waals surface area (Å²) in [6.45, 7) is 2.32. The van der Waals surface area contributed by atoms with Crippen LogP contribution in [0.4, 0.5) is 5.69 Å². The SMILES string of the molecule is CCn1cc(NC(=O)COc2ccc3ccccc3c2)c(C(=O)NC)n1. The average molecular weight is 352 g/mol. The Hall–Kier alpha value is -3.35. The number of rotatable bonds is 6. The van der Waals surface area contributed by atoms with Crippen LogP contribution in [0.1, 0.15) is 17.4 Å². The highest BCUT2D eigenvalue weighted by Gasteiger charge is 2.17. The molecule has 3 aromatic rings. The lowest BCUT2D eigenvalue weighted by Gasteiger charge is -2.08. The van der Waals surface area contributed by atoms with Crippen molar-refractivity contribution in [1.29, 1.82) is 0 Å². The third-order valence-corrected chi connectivity index (χ3v) is 3.89. The topological polar surface area (TPSA) is 85.2 Å². The molecule has 0 spiro atoms. The van der Waals surface area contributed by atoms with Crippen LogP contribution in [0, 0.1) is 0 Å². The van der Waals surface area contributed by atoms with Crippen LogP contribution in [-0.4, -0.2) is 35.2 Å². The molecule has 7 nitrogen and oxygen atoms in total. The molecule has 26 heavy (non-hydrogen) atoms. The molecule has 3 rings (SSSR count). The predicted octanol–water partition coefficient (Wildman–Crippen LogP) is 2.43. The van der Waals surface area contributed by atoms with Crippen LogP contribution in [0.2, 0.25) is 0 Å². The normalized spacial score (nSPS) is 10.5. The minimum Gasteiger partial charge on any atom is -0.484 e. The van der Waals surface area contributed by atoms with Crippen LogP contribution in [0.15, 0.2) is 48.7 Å². The molecule has 2 amide bonds. The molecule has 0 aliphatic carbocycles. The zero-order valence-corrected chi connectivity index (χ0v) is 14.7. The Labute approximate surface area is 151 Å². The highest BCUT2D eigenvalue weighted by Crippen LogP contribution is 2.20. The molecule has 0 fully saturated rings. The quantitative estimate of drug-likeness (QED) is 0.713. The van der Waals surface area contributed by atoms with E-state index in [0.29, 0.717) is 18.0 Å². The molecule has 1 aromatic heterocycles. The Morgan fingerprint density at radius 1 is 1.15 bits per heavy atom. The first-order chi connectivity index (χ1) is 12.6. The molecule has 134 valence electrons. The monoisotopic (exact) mass is 352 g/mol. The average Bonchev–Trinajstić information content (AvgIpc) is 3.08. The standard InChI is InChI=1S/C19H20N4O3/c1-3-23-11-16(18(22-23)19(25)20-2)21-17(24)12-26-15-9-8-13-6-4-5-7-14(13)10-15/h4-11H,3,12H2,1-2H3,(H,20,25)(H,21,24). The largest absolute Gasteiger partial charge is 0.484 e. The van der Waals surface area contributed by atoms with Crippen molar-refractivity contribution in [2.45, 2.75) is 13.5 Å². The highest BCUT2D eigenvalue weighted by molar-refractivity contribution is 6.02. The molecule has 0 saturated heterocycles. The maximum absolute atomic E-state index is 12.2. The van der Waals surface area contributed by atoms with Gasteiger partial charge in [0, 0.05) is 19.8 Å². The molecule has 0 aliphatic rings. The van der Waals surface area contributed by atoms with Gasteiger partial charge < -0.3 is 15.4 Å². The molecule has 7 heteroatoms. The van der Waals surface area contributed by atoms with Gasteiger partial charge in [0.25, 0.3) is 11.8 Å². The second kappa shape index (κ2) is 7.69. The summed E-state index contributed by atoms with van der Waals surface area (Å²) in [5.41, 5.74) is 0.534. The summed E-state index contributed by atoms with van der Waals surface area (Å²) in [7, 11) is 1.52. The van der Waals surface area contributed by atoms with E-state index in [1.807, 2.05) is 49.4 Å². The predicted molar refractivity (Wildman–Crippen MR) is 99.4 cm³/mol. The number of benzene rings is 2. The summed E-state index contributed by atoms with van der Waals surface area (Å²) in [6.07, 6.45) is 1.62. The van der Waals surface area contributed by atoms with Gasteiger partial charge in [-0.2, -0.15) is 5.10 Å². The molecular formula is C19H20N4O3. The fourth-order valence-corrected chi connectivity index (χ4v) is 2.55. The van der Waals surface area contributed by atoms with Crippen LogP contribution in [0.25, 0.3) is 10.8 Å². The maximum atomic E-state index is 12.2. The third-order valence-electron chi connectivity index (χ3n) is 3.89. The van der Waals surface area contributed by atoms with Gasteiger partial charge in [-0.1, -0.05) is 30.3 Å². The van der Waals surface area contributed by atoms with E-state index in [1.54, 1.807) is 10.9 Å². The van der Waals surface area contributed by atoms with Crippen molar-refractivity contribution in [1.82, 2.24) is 15.1 Å². The number of carbonyl (C=O) groups is 2. The molecule has 0 aliphatic heterocycles. The number of amides is 2. The molecule has 0 unspecified atom stereocenters. The van der Waals surface area contributed by atoms with E-state index in [2.05, 4.69) is 15.7 Å². The molecule has 0 saturated carbocycles. The fourth-order valence-electron chi connectivity index (χ4n) is 2.55. The van der Waals surface area contributed by atoms with Crippen molar-refractivity contribution >= 4 is 28.3 Å². The van der Waals surface area contributed by atoms with Crippen LogP contribution in [0.5, 0.6) is 5.75 Å². The van der Waals surface area contributed by atoms with E-state index < -0.39 is 0 Å². The van der Waals surface area contributed by atoms with Crippen LogP contribution in [-0.2, 0) is 11.3 Å². The van der Waals surface area contributed by atoms with Crippen molar-refractivity contribution in [2.75, 3.05) is 19.0 Å². The lowest BCUT2D eigenvalue weighted by Crippen LogP contribution is -2.24. The Balaban J connectivity index is 1.67. The summed E-state index contributed by atoms with van der Waals surface area (Å²) >= 11 is 0. The van der Waals surface area contributed by atoms with Crippen molar-refractivity contribution in [2.24, 2.45) is 0 Å². The van der Waals surface area contributed by atoms with Gasteiger partial charge in [0.1, 0.15) is 5.75 Å². The first kappa shape index (κ1) is 17.5. The fraction of sp³-hybridized carbons (Fsp3) is 0.211. The van der Waals surface area contributed by atoms with Gasteiger partial charge in [-0.3, -0.25) is 14.3 Å². The first-order valence-corrected chi connectivity index (χ1v) is 8.31. The van der Waals surface area contributed by atoms with Crippen LogP contribution in [0.3, 0.4) is 0 Å². The summed E-state index contributed by atoms with van der Waals surface area (Å²) in [5, 5.41) is 11.5. The van der Waals surface area contributed by atoms with Crippen molar-refractivity contribution < 1.29 is 14.3 Å². The Morgan fingerprint density at radius 2 is 1.92 bits per heavy atom. The summed E-state index contributed by atoms with van der Waals surface area (Å²) in [5.74, 6) is -0.114. The number of ether oxygens (including phenoxy) is 1. The molecule has 0 atom stereocenters. The van der Waals surface area contributed by atoms with E-state index >= 15 is 0 Å². The molecule has 2 aromatic carbocycles. The Morgan fingerprint density at radius 3 is 2.65 bits per heavy atom. The van der Waals surface area contributed by atoms with Gasteiger partial charge in [0.15, 0.2) is 12.3 Å². The van der Waals surface area contributed by atoms with Crippen LogP contribution < -0.4 is 15.4 Å². The summed E-state index contributed by atoms with van der Waals surface area (Å²) < 4.78 is 7.16. The van der Waals surface area contributed by atoms with Gasteiger partial charge in [0.2, 0.25) is 0 Å². The van der Waals surface area contributed by atoms with Crippen molar-refractivity contribution in [3.63, 3.8) is 0 Å². The number of fused-ring (bicyclic) bond motifs is 1. The highest BCUT2D eigenvalue weighted by atomic mass is 16.5. The van der Waals surface area contributed by atoms with E-state index in [9.17, 15) is 9.59 Å². The molecule has 2 N–H and O–H groups in total. The zero-order valence-electron chi connectivity index (χ0n) is 14.7. The Kier molecular flexibility index (Phi) is 5.17. The third kappa shape index (κ3) is 3.83. The minimum absolute atomic E-state index is 0.164.